The number of nitrogens with zero attached hydrogens (tertiary/aromatic N) is 2. The van der Waals surface area contributed by atoms with Crippen molar-refractivity contribution in [3.05, 3.63) is 88.4 Å². The number of halogens is 1. The summed E-state index contributed by atoms with van der Waals surface area (Å²) in [6.07, 6.45) is 0.795. The molecule has 0 radical (unpaired) electrons. The second kappa shape index (κ2) is 9.67. The van der Waals surface area contributed by atoms with Crippen molar-refractivity contribution in [2.45, 2.75) is 30.8 Å². The van der Waals surface area contributed by atoms with E-state index in [2.05, 4.69) is 15.9 Å². The van der Waals surface area contributed by atoms with Crippen LogP contribution in [0.25, 0.3) is 0 Å². The summed E-state index contributed by atoms with van der Waals surface area (Å²) in [5.41, 5.74) is 2.94. The fourth-order valence-electron chi connectivity index (χ4n) is 4.01. The first-order valence-electron chi connectivity index (χ1n) is 10.6. The molecule has 0 saturated heterocycles. The zero-order valence-electron chi connectivity index (χ0n) is 18.4. The van der Waals surface area contributed by atoms with Crippen LogP contribution in [0.15, 0.2) is 82.2 Å². The summed E-state index contributed by atoms with van der Waals surface area (Å²) in [6, 6.07) is 21.5. The molecule has 3 aromatic carbocycles. The third kappa shape index (κ3) is 5.13. The van der Waals surface area contributed by atoms with Crippen LogP contribution in [-0.4, -0.2) is 38.3 Å². The van der Waals surface area contributed by atoms with Crippen LogP contribution in [0.1, 0.15) is 18.1 Å². The molecule has 0 unspecified atom stereocenters. The van der Waals surface area contributed by atoms with Crippen LogP contribution in [0.5, 0.6) is 5.75 Å². The highest BCUT2D eigenvalue weighted by Gasteiger charge is 2.31. The normalized spacial score (nSPS) is 15.5. The van der Waals surface area contributed by atoms with E-state index in [0.29, 0.717) is 5.75 Å². The number of rotatable bonds is 7. The van der Waals surface area contributed by atoms with Gasteiger partial charge < -0.3 is 9.64 Å². The molecule has 1 aliphatic heterocycles. The first-order valence-corrected chi connectivity index (χ1v) is 12.8. The molecular formula is C25H25BrN2O4S. The van der Waals surface area contributed by atoms with E-state index in [0.717, 1.165) is 27.7 Å². The number of ether oxygens (including phenoxy) is 1. The number of benzene rings is 3. The van der Waals surface area contributed by atoms with Crippen molar-refractivity contribution in [1.29, 1.82) is 0 Å². The van der Waals surface area contributed by atoms with Crippen LogP contribution in [0, 0.1) is 0 Å². The number of carbonyl (C=O) groups is 1. The second-order valence-corrected chi connectivity index (χ2v) is 11.1. The quantitative estimate of drug-likeness (QED) is 0.448. The number of anilines is 1. The third-order valence-corrected chi connectivity index (χ3v) is 7.98. The average Bonchev–Trinajstić information content (AvgIpc) is 3.13. The van der Waals surface area contributed by atoms with E-state index in [4.69, 9.17) is 4.74 Å². The molecule has 4 rings (SSSR count). The number of hydrogen-bond donors (Lipinski definition) is 0. The van der Waals surface area contributed by atoms with Crippen LogP contribution < -0.4 is 9.64 Å². The largest absolute Gasteiger partial charge is 0.484 e. The van der Waals surface area contributed by atoms with Gasteiger partial charge >= 0.3 is 0 Å². The van der Waals surface area contributed by atoms with Crippen LogP contribution in [0.3, 0.4) is 0 Å². The fraction of sp³-hybridized carbons (Fsp3) is 0.240. The lowest BCUT2D eigenvalue weighted by Gasteiger charge is -2.23. The first kappa shape index (κ1) is 23.5. The minimum atomic E-state index is -3.64. The zero-order chi connectivity index (χ0) is 23.6. The number of carbonyl (C=O) groups excluding carboxylic acids is 1. The van der Waals surface area contributed by atoms with E-state index in [-0.39, 0.29) is 30.0 Å². The van der Waals surface area contributed by atoms with Gasteiger partial charge in [-0.15, -0.1) is 0 Å². The molecule has 3 aromatic rings. The van der Waals surface area contributed by atoms with E-state index in [1.54, 1.807) is 24.1 Å². The molecule has 8 heteroatoms. The van der Waals surface area contributed by atoms with E-state index >= 15 is 0 Å². The Bertz CT molecular complexity index is 1250. The second-order valence-electron chi connectivity index (χ2n) is 8.10. The van der Waals surface area contributed by atoms with Gasteiger partial charge in [-0.2, -0.15) is 4.31 Å². The number of sulfonamides is 1. The Kier molecular flexibility index (Phi) is 6.88. The molecule has 6 nitrogen and oxygen atoms in total. The summed E-state index contributed by atoms with van der Waals surface area (Å²) >= 11 is 3.47. The first-order chi connectivity index (χ1) is 15.8. The third-order valence-electron chi connectivity index (χ3n) is 5.67. The van der Waals surface area contributed by atoms with Gasteiger partial charge in [-0.25, -0.2) is 8.42 Å². The van der Waals surface area contributed by atoms with Crippen molar-refractivity contribution in [1.82, 2.24) is 4.31 Å². The van der Waals surface area contributed by atoms with Crippen molar-refractivity contribution >= 4 is 37.5 Å². The lowest BCUT2D eigenvalue weighted by Crippen LogP contribution is -2.39. The van der Waals surface area contributed by atoms with Crippen molar-refractivity contribution in [3.8, 4) is 5.75 Å². The highest BCUT2D eigenvalue weighted by atomic mass is 79.9. The molecule has 1 heterocycles. The SMILES string of the molecule is C[C@H]1Cc2cc(Br)ccc2N1C(=O)COc1ccc(S(=O)(=O)N(C)Cc2ccccc2)cc1. The Morgan fingerprint density at radius 2 is 1.79 bits per heavy atom. The number of hydrogen-bond acceptors (Lipinski definition) is 4. The van der Waals surface area contributed by atoms with Crippen LogP contribution in [0.4, 0.5) is 5.69 Å². The Morgan fingerprint density at radius 1 is 1.09 bits per heavy atom. The molecule has 0 bridgehead atoms. The molecule has 0 N–H and O–H groups in total. The number of fused-ring (bicyclic) bond motifs is 1. The van der Waals surface area contributed by atoms with Gasteiger partial charge in [0.05, 0.1) is 4.90 Å². The molecule has 172 valence electrons. The molecule has 33 heavy (non-hydrogen) atoms. The van der Waals surface area contributed by atoms with Gasteiger partial charge in [0.2, 0.25) is 10.0 Å². The standard InChI is InChI=1S/C25H25BrN2O4S/c1-18-14-20-15-21(26)8-13-24(20)28(18)25(29)17-32-22-9-11-23(12-10-22)33(30,31)27(2)16-19-6-4-3-5-7-19/h3-13,15,18H,14,16-17H2,1-2H3/t18-/m0/s1. The topological polar surface area (TPSA) is 66.9 Å². The van der Waals surface area contributed by atoms with E-state index in [1.807, 2.05) is 55.5 Å². The lowest BCUT2D eigenvalue weighted by atomic mass is 10.1. The van der Waals surface area contributed by atoms with E-state index < -0.39 is 10.0 Å². The molecule has 0 fully saturated rings. The van der Waals surface area contributed by atoms with Crippen molar-refractivity contribution < 1.29 is 17.9 Å². The van der Waals surface area contributed by atoms with Gasteiger partial charge in [-0.05, 0) is 66.9 Å². The summed E-state index contributed by atoms with van der Waals surface area (Å²) in [4.78, 5) is 14.8. The predicted octanol–water partition coefficient (Wildman–Crippen LogP) is 4.63. The van der Waals surface area contributed by atoms with Crippen LogP contribution in [-0.2, 0) is 27.8 Å². The smallest absolute Gasteiger partial charge is 0.265 e. The van der Waals surface area contributed by atoms with Crippen molar-refractivity contribution in [3.63, 3.8) is 0 Å². The molecule has 0 aromatic heterocycles. The van der Waals surface area contributed by atoms with E-state index in [9.17, 15) is 13.2 Å². The van der Waals surface area contributed by atoms with Gasteiger partial charge in [0.1, 0.15) is 5.75 Å². The van der Waals surface area contributed by atoms with Gasteiger partial charge in [-0.3, -0.25) is 4.79 Å². The maximum absolute atomic E-state index is 12.9. The summed E-state index contributed by atoms with van der Waals surface area (Å²) in [7, 11) is -2.09. The van der Waals surface area contributed by atoms with Crippen LogP contribution in [0.2, 0.25) is 0 Å². The molecule has 0 saturated carbocycles. The minimum absolute atomic E-state index is 0.0538. The Labute approximate surface area is 203 Å². The van der Waals surface area contributed by atoms with E-state index in [1.165, 1.54) is 16.4 Å². The zero-order valence-corrected chi connectivity index (χ0v) is 20.8. The van der Waals surface area contributed by atoms with Gasteiger partial charge in [-0.1, -0.05) is 46.3 Å². The highest BCUT2D eigenvalue weighted by molar-refractivity contribution is 9.10. The summed E-state index contributed by atoms with van der Waals surface area (Å²) in [5, 5.41) is 0. The molecular weight excluding hydrogens is 504 g/mol. The van der Waals surface area contributed by atoms with Gasteiger partial charge in [0.15, 0.2) is 6.61 Å². The Balaban J connectivity index is 1.39. The van der Waals surface area contributed by atoms with Crippen LogP contribution >= 0.6 is 15.9 Å². The van der Waals surface area contributed by atoms with Gasteiger partial charge in [0.25, 0.3) is 5.91 Å². The Hall–Kier alpha value is -2.68. The average molecular weight is 529 g/mol. The number of amides is 1. The molecule has 1 atom stereocenters. The lowest BCUT2D eigenvalue weighted by molar-refractivity contribution is -0.120. The van der Waals surface area contributed by atoms with Gasteiger partial charge in [0, 0.05) is 29.8 Å². The van der Waals surface area contributed by atoms with Crippen molar-refractivity contribution in [2.24, 2.45) is 0 Å². The minimum Gasteiger partial charge on any atom is -0.484 e. The maximum Gasteiger partial charge on any atom is 0.265 e. The molecule has 1 amide bonds. The molecule has 0 aliphatic carbocycles. The highest BCUT2D eigenvalue weighted by Crippen LogP contribution is 2.34. The summed E-state index contributed by atoms with van der Waals surface area (Å²) < 4.78 is 33.8. The summed E-state index contributed by atoms with van der Waals surface area (Å²) in [5.74, 6) is 0.304. The Morgan fingerprint density at radius 3 is 2.48 bits per heavy atom. The van der Waals surface area contributed by atoms with Crippen molar-refractivity contribution in [2.75, 3.05) is 18.6 Å². The molecule has 1 aliphatic rings. The molecule has 0 spiro atoms. The maximum atomic E-state index is 12.9. The fourth-order valence-corrected chi connectivity index (χ4v) is 5.58. The monoisotopic (exact) mass is 528 g/mol. The predicted molar refractivity (Wildman–Crippen MR) is 132 cm³/mol. The summed E-state index contributed by atoms with van der Waals surface area (Å²) in [6.45, 7) is 2.17.